The monoisotopic (exact) mass is 268 g/mol. The van der Waals surface area contributed by atoms with Crippen molar-refractivity contribution in [2.24, 2.45) is 0 Å². The molecule has 0 N–H and O–H groups in total. The molecular weight excluding hydrogens is 255 g/mol. The number of halogens is 1. The van der Waals surface area contributed by atoms with Crippen LogP contribution in [0.5, 0.6) is 0 Å². The fourth-order valence-electron chi connectivity index (χ4n) is 2.37. The molecule has 100 valence electrons. The Morgan fingerprint density at radius 1 is 1.10 bits per heavy atom. The first-order valence-corrected chi connectivity index (χ1v) is 6.51. The molecule has 3 aromatic rings. The van der Waals surface area contributed by atoms with Crippen molar-refractivity contribution in [1.82, 2.24) is 0 Å². The standard InChI is InChI=1S/C17H13FO2/c1-2-14-16(11-6-5-7-12(18)10-11)17(19)13-8-3-4-9-15(13)20-14/h3-10H,2H2,1H3. The fraction of sp³-hybridized carbons (Fsp3) is 0.118. The first-order valence-electron chi connectivity index (χ1n) is 6.51. The van der Waals surface area contributed by atoms with E-state index in [4.69, 9.17) is 4.42 Å². The van der Waals surface area contributed by atoms with Gasteiger partial charge in [-0.3, -0.25) is 4.79 Å². The summed E-state index contributed by atoms with van der Waals surface area (Å²) in [5.41, 5.74) is 1.45. The molecule has 0 saturated heterocycles. The van der Waals surface area contributed by atoms with Crippen molar-refractivity contribution in [2.45, 2.75) is 13.3 Å². The predicted octanol–water partition coefficient (Wildman–Crippen LogP) is 4.16. The quantitative estimate of drug-likeness (QED) is 0.698. The van der Waals surface area contributed by atoms with E-state index in [0.717, 1.165) is 0 Å². The Bertz CT molecular complexity index is 834. The minimum Gasteiger partial charge on any atom is -0.460 e. The zero-order chi connectivity index (χ0) is 14.1. The lowest BCUT2D eigenvalue weighted by atomic mass is 10.0. The van der Waals surface area contributed by atoms with E-state index in [-0.39, 0.29) is 11.2 Å². The first-order chi connectivity index (χ1) is 9.70. The zero-order valence-electron chi connectivity index (χ0n) is 11.0. The molecule has 1 heterocycles. The third-order valence-electron chi connectivity index (χ3n) is 3.31. The van der Waals surface area contributed by atoms with Crippen LogP contribution in [0.4, 0.5) is 4.39 Å². The van der Waals surface area contributed by atoms with E-state index in [1.807, 2.05) is 13.0 Å². The molecule has 3 heteroatoms. The second kappa shape index (κ2) is 4.93. The highest BCUT2D eigenvalue weighted by molar-refractivity contribution is 5.82. The maximum Gasteiger partial charge on any atom is 0.200 e. The molecule has 20 heavy (non-hydrogen) atoms. The molecule has 0 radical (unpaired) electrons. The highest BCUT2D eigenvalue weighted by atomic mass is 19.1. The molecular formula is C17H13FO2. The first kappa shape index (κ1) is 12.6. The van der Waals surface area contributed by atoms with Gasteiger partial charge >= 0.3 is 0 Å². The summed E-state index contributed by atoms with van der Waals surface area (Å²) in [4.78, 5) is 12.6. The Kier molecular flexibility index (Phi) is 3.11. The van der Waals surface area contributed by atoms with E-state index in [0.29, 0.717) is 34.3 Å². The summed E-state index contributed by atoms with van der Waals surface area (Å²) < 4.78 is 19.2. The van der Waals surface area contributed by atoms with Gasteiger partial charge in [-0.2, -0.15) is 0 Å². The predicted molar refractivity (Wildman–Crippen MR) is 77.3 cm³/mol. The molecule has 0 aliphatic heterocycles. The number of fused-ring (bicyclic) bond motifs is 1. The lowest BCUT2D eigenvalue weighted by Gasteiger charge is -2.08. The van der Waals surface area contributed by atoms with Gasteiger partial charge in [0, 0.05) is 6.42 Å². The molecule has 0 bridgehead atoms. The van der Waals surface area contributed by atoms with E-state index >= 15 is 0 Å². The number of hydrogen-bond acceptors (Lipinski definition) is 2. The van der Waals surface area contributed by atoms with Gasteiger partial charge in [-0.1, -0.05) is 31.2 Å². The van der Waals surface area contributed by atoms with Crippen LogP contribution < -0.4 is 5.43 Å². The minimum atomic E-state index is -0.364. The fourth-order valence-corrected chi connectivity index (χ4v) is 2.37. The average Bonchev–Trinajstić information content (AvgIpc) is 2.47. The van der Waals surface area contributed by atoms with Gasteiger partial charge in [0.25, 0.3) is 0 Å². The summed E-state index contributed by atoms with van der Waals surface area (Å²) >= 11 is 0. The summed E-state index contributed by atoms with van der Waals surface area (Å²) in [5, 5.41) is 0.518. The third-order valence-corrected chi connectivity index (χ3v) is 3.31. The molecule has 0 atom stereocenters. The third kappa shape index (κ3) is 2.01. The van der Waals surface area contributed by atoms with Gasteiger partial charge in [0.1, 0.15) is 17.2 Å². The maximum atomic E-state index is 13.4. The molecule has 0 unspecified atom stereocenters. The van der Waals surface area contributed by atoms with E-state index in [1.54, 1.807) is 30.3 Å². The Hall–Kier alpha value is -2.42. The Balaban J connectivity index is 2.40. The summed E-state index contributed by atoms with van der Waals surface area (Å²) in [6.07, 6.45) is 0.575. The highest BCUT2D eigenvalue weighted by Crippen LogP contribution is 2.25. The minimum absolute atomic E-state index is 0.116. The zero-order valence-corrected chi connectivity index (χ0v) is 11.0. The molecule has 0 aliphatic carbocycles. The van der Waals surface area contributed by atoms with Crippen LogP contribution in [0.25, 0.3) is 22.1 Å². The van der Waals surface area contributed by atoms with Gasteiger partial charge in [-0.25, -0.2) is 4.39 Å². The van der Waals surface area contributed by atoms with Crippen LogP contribution in [0.15, 0.2) is 57.7 Å². The molecule has 3 rings (SSSR count). The van der Waals surface area contributed by atoms with E-state index in [9.17, 15) is 9.18 Å². The van der Waals surface area contributed by atoms with E-state index in [2.05, 4.69) is 0 Å². The average molecular weight is 268 g/mol. The number of benzene rings is 2. The summed E-state index contributed by atoms with van der Waals surface area (Å²) in [5.74, 6) is 0.219. The normalized spacial score (nSPS) is 10.9. The number of rotatable bonds is 2. The van der Waals surface area contributed by atoms with Gasteiger partial charge < -0.3 is 4.42 Å². The van der Waals surface area contributed by atoms with Crippen molar-refractivity contribution in [1.29, 1.82) is 0 Å². The molecule has 2 aromatic carbocycles. The summed E-state index contributed by atoms with van der Waals surface area (Å²) in [7, 11) is 0. The largest absolute Gasteiger partial charge is 0.460 e. The Morgan fingerprint density at radius 2 is 1.90 bits per heavy atom. The summed E-state index contributed by atoms with van der Waals surface area (Å²) in [6, 6.07) is 13.2. The lowest BCUT2D eigenvalue weighted by molar-refractivity contribution is 0.546. The second-order valence-electron chi connectivity index (χ2n) is 4.59. The molecule has 0 aliphatic rings. The number of para-hydroxylation sites is 1. The van der Waals surface area contributed by atoms with Crippen LogP contribution in [0.3, 0.4) is 0 Å². The molecule has 0 spiro atoms. The van der Waals surface area contributed by atoms with Crippen LogP contribution in [-0.4, -0.2) is 0 Å². The lowest BCUT2D eigenvalue weighted by Crippen LogP contribution is -2.08. The van der Waals surface area contributed by atoms with E-state index in [1.165, 1.54) is 12.1 Å². The van der Waals surface area contributed by atoms with Crippen molar-refractivity contribution >= 4 is 11.0 Å². The second-order valence-corrected chi connectivity index (χ2v) is 4.59. The molecule has 0 saturated carbocycles. The van der Waals surface area contributed by atoms with Gasteiger partial charge in [0.15, 0.2) is 0 Å². The molecule has 0 amide bonds. The number of hydrogen-bond donors (Lipinski definition) is 0. The number of aryl methyl sites for hydroxylation is 1. The van der Waals surface area contributed by atoms with Crippen LogP contribution in [0.2, 0.25) is 0 Å². The highest BCUT2D eigenvalue weighted by Gasteiger charge is 2.15. The molecule has 0 fully saturated rings. The maximum absolute atomic E-state index is 13.4. The van der Waals surface area contributed by atoms with Crippen LogP contribution >= 0.6 is 0 Å². The van der Waals surface area contributed by atoms with Crippen molar-refractivity contribution in [2.75, 3.05) is 0 Å². The molecule has 1 aromatic heterocycles. The van der Waals surface area contributed by atoms with Crippen molar-refractivity contribution in [3.8, 4) is 11.1 Å². The van der Waals surface area contributed by atoms with Gasteiger partial charge in [0.05, 0.1) is 10.9 Å². The van der Waals surface area contributed by atoms with Crippen LogP contribution in [0.1, 0.15) is 12.7 Å². The smallest absolute Gasteiger partial charge is 0.200 e. The SMILES string of the molecule is CCc1oc2ccccc2c(=O)c1-c1cccc(F)c1. The van der Waals surface area contributed by atoms with Crippen molar-refractivity contribution in [3.63, 3.8) is 0 Å². The van der Waals surface area contributed by atoms with Crippen molar-refractivity contribution < 1.29 is 8.81 Å². The molecule has 2 nitrogen and oxygen atoms in total. The van der Waals surface area contributed by atoms with Crippen molar-refractivity contribution in [3.05, 3.63) is 70.3 Å². The van der Waals surface area contributed by atoms with Gasteiger partial charge in [-0.05, 0) is 29.8 Å². The van der Waals surface area contributed by atoms with Crippen LogP contribution in [0, 0.1) is 5.82 Å². The Labute approximate surface area is 115 Å². The van der Waals surface area contributed by atoms with Gasteiger partial charge in [0.2, 0.25) is 5.43 Å². The Morgan fingerprint density at radius 3 is 2.65 bits per heavy atom. The summed E-state index contributed by atoms with van der Waals surface area (Å²) in [6.45, 7) is 1.91. The van der Waals surface area contributed by atoms with E-state index < -0.39 is 0 Å². The van der Waals surface area contributed by atoms with Gasteiger partial charge in [-0.15, -0.1) is 0 Å². The van der Waals surface area contributed by atoms with Crippen LogP contribution in [-0.2, 0) is 6.42 Å². The topological polar surface area (TPSA) is 30.2 Å².